The Labute approximate surface area is 197 Å². The van der Waals surface area contributed by atoms with E-state index >= 15 is 0 Å². The molecule has 33 heavy (non-hydrogen) atoms. The highest BCUT2D eigenvalue weighted by Crippen LogP contribution is 2.20. The maximum absolute atomic E-state index is 13.3. The predicted molar refractivity (Wildman–Crippen MR) is 131 cm³/mol. The number of halogens is 1. The third-order valence-corrected chi connectivity index (χ3v) is 5.60. The van der Waals surface area contributed by atoms with E-state index in [0.29, 0.717) is 18.7 Å². The number of amides is 2. The number of rotatable bonds is 4. The molecule has 1 fully saturated rings. The van der Waals surface area contributed by atoms with Crippen LogP contribution in [0.3, 0.4) is 0 Å². The number of benzene rings is 3. The fraction of sp³-hybridized carbons (Fsp3) is 0.160. The topological polar surface area (TPSA) is 64.7 Å². The summed E-state index contributed by atoms with van der Waals surface area (Å²) in [6.45, 7) is 2.80. The number of piperazine rings is 1. The smallest absolute Gasteiger partial charge is 0.257 e. The lowest BCUT2D eigenvalue weighted by molar-refractivity contribution is 0.0746. The van der Waals surface area contributed by atoms with E-state index in [9.17, 15) is 14.0 Å². The van der Waals surface area contributed by atoms with Crippen LogP contribution in [0.2, 0.25) is 0 Å². The van der Waals surface area contributed by atoms with Crippen LogP contribution in [0.4, 0.5) is 15.8 Å². The van der Waals surface area contributed by atoms with E-state index in [1.54, 1.807) is 0 Å². The molecule has 0 aliphatic carbocycles. The Morgan fingerprint density at radius 3 is 2.15 bits per heavy atom. The van der Waals surface area contributed by atoms with Gasteiger partial charge in [0.15, 0.2) is 5.11 Å². The first kappa shape index (κ1) is 22.4. The van der Waals surface area contributed by atoms with Crippen LogP contribution in [0, 0.1) is 5.82 Å². The zero-order valence-electron chi connectivity index (χ0n) is 17.8. The first-order valence-electron chi connectivity index (χ1n) is 10.6. The Bertz CT molecular complexity index is 1150. The van der Waals surface area contributed by atoms with Crippen molar-refractivity contribution in [1.29, 1.82) is 0 Å². The summed E-state index contributed by atoms with van der Waals surface area (Å²) in [5, 5.41) is 5.64. The van der Waals surface area contributed by atoms with Gasteiger partial charge in [-0.1, -0.05) is 24.3 Å². The fourth-order valence-corrected chi connectivity index (χ4v) is 3.86. The lowest BCUT2D eigenvalue weighted by atomic mass is 10.1. The summed E-state index contributed by atoms with van der Waals surface area (Å²) >= 11 is 5.20. The van der Waals surface area contributed by atoms with Crippen molar-refractivity contribution in [2.75, 3.05) is 36.4 Å². The van der Waals surface area contributed by atoms with Gasteiger partial charge in [0, 0.05) is 48.7 Å². The molecule has 1 heterocycles. The fourth-order valence-electron chi connectivity index (χ4n) is 3.65. The molecule has 0 aromatic heterocycles. The van der Waals surface area contributed by atoms with Gasteiger partial charge >= 0.3 is 0 Å². The molecule has 2 N–H and O–H groups in total. The number of nitrogens with one attached hydrogen (secondary N) is 2. The molecular weight excluding hydrogens is 439 g/mol. The largest absolute Gasteiger partial charge is 0.368 e. The lowest BCUT2D eigenvalue weighted by Crippen LogP contribution is -2.48. The van der Waals surface area contributed by atoms with Gasteiger partial charge in [0.2, 0.25) is 0 Å². The minimum absolute atomic E-state index is 0.0589. The number of nitrogens with zero attached hydrogens (tertiary/aromatic N) is 2. The van der Waals surface area contributed by atoms with Gasteiger partial charge in [-0.3, -0.25) is 14.9 Å². The standard InChI is InChI=1S/C25H23FN4O2S/c26-20-8-4-7-19(17-20)23(31)28-25(33)27-21-9-11-22(12-10-21)29-13-15-30(16-14-29)24(32)18-5-2-1-3-6-18/h1-12,17H,13-16H2,(H2,27,28,31,33). The first-order chi connectivity index (χ1) is 16.0. The Hall–Kier alpha value is -3.78. The lowest BCUT2D eigenvalue weighted by Gasteiger charge is -2.36. The zero-order chi connectivity index (χ0) is 23.2. The Morgan fingerprint density at radius 2 is 1.48 bits per heavy atom. The number of anilines is 2. The molecule has 1 saturated heterocycles. The minimum Gasteiger partial charge on any atom is -0.368 e. The quantitative estimate of drug-likeness (QED) is 0.576. The van der Waals surface area contributed by atoms with Crippen LogP contribution in [0.5, 0.6) is 0 Å². The summed E-state index contributed by atoms with van der Waals surface area (Å²) in [6, 6.07) is 22.4. The molecule has 1 aliphatic heterocycles. The van der Waals surface area contributed by atoms with E-state index in [1.807, 2.05) is 59.5 Å². The van der Waals surface area contributed by atoms with Gasteiger partial charge in [0.1, 0.15) is 5.82 Å². The molecule has 0 saturated carbocycles. The number of carbonyl (C=O) groups excluding carboxylic acids is 2. The molecule has 168 valence electrons. The average molecular weight is 463 g/mol. The first-order valence-corrected chi connectivity index (χ1v) is 11.0. The van der Waals surface area contributed by atoms with Crippen LogP contribution in [0.1, 0.15) is 20.7 Å². The van der Waals surface area contributed by atoms with Gasteiger partial charge < -0.3 is 15.1 Å². The van der Waals surface area contributed by atoms with Gasteiger partial charge in [-0.2, -0.15) is 0 Å². The molecule has 0 radical (unpaired) electrons. The van der Waals surface area contributed by atoms with E-state index in [0.717, 1.165) is 30.5 Å². The second-order valence-corrected chi connectivity index (χ2v) is 8.02. The summed E-state index contributed by atoms with van der Waals surface area (Å²) in [7, 11) is 0. The van der Waals surface area contributed by atoms with Crippen LogP contribution in [-0.2, 0) is 0 Å². The van der Waals surface area contributed by atoms with Crippen molar-refractivity contribution in [2.45, 2.75) is 0 Å². The molecular formula is C25H23FN4O2S. The van der Waals surface area contributed by atoms with E-state index in [1.165, 1.54) is 18.2 Å². The third kappa shape index (κ3) is 5.72. The highest BCUT2D eigenvalue weighted by Gasteiger charge is 2.22. The van der Waals surface area contributed by atoms with Crippen LogP contribution in [0.25, 0.3) is 0 Å². The molecule has 0 bridgehead atoms. The summed E-state index contributed by atoms with van der Waals surface area (Å²) in [4.78, 5) is 28.9. The molecule has 0 spiro atoms. The molecule has 3 aromatic carbocycles. The summed E-state index contributed by atoms with van der Waals surface area (Å²) in [5.41, 5.74) is 2.67. The van der Waals surface area contributed by atoms with Gasteiger partial charge in [-0.25, -0.2) is 4.39 Å². The normalized spacial score (nSPS) is 13.4. The Balaban J connectivity index is 1.28. The maximum atomic E-state index is 13.3. The zero-order valence-corrected chi connectivity index (χ0v) is 18.6. The number of carbonyl (C=O) groups is 2. The number of thiocarbonyl (C=S) groups is 1. The second kappa shape index (κ2) is 10.2. The van der Waals surface area contributed by atoms with E-state index < -0.39 is 11.7 Å². The van der Waals surface area contributed by atoms with Crippen molar-refractivity contribution >= 4 is 40.5 Å². The summed E-state index contributed by atoms with van der Waals surface area (Å²) in [5.74, 6) is -0.905. The van der Waals surface area contributed by atoms with Crippen molar-refractivity contribution in [2.24, 2.45) is 0 Å². The summed E-state index contributed by atoms with van der Waals surface area (Å²) in [6.07, 6.45) is 0. The molecule has 6 nitrogen and oxygen atoms in total. The predicted octanol–water partition coefficient (Wildman–Crippen LogP) is 3.91. The molecule has 2 amide bonds. The maximum Gasteiger partial charge on any atom is 0.257 e. The van der Waals surface area contributed by atoms with Gasteiger partial charge in [-0.05, 0) is 66.8 Å². The SMILES string of the molecule is O=C(NC(=S)Nc1ccc(N2CCN(C(=O)c3ccccc3)CC2)cc1)c1cccc(F)c1. The third-order valence-electron chi connectivity index (χ3n) is 5.39. The second-order valence-electron chi connectivity index (χ2n) is 7.61. The van der Waals surface area contributed by atoms with Gasteiger partial charge in [0.25, 0.3) is 11.8 Å². The van der Waals surface area contributed by atoms with Crippen molar-refractivity contribution in [3.8, 4) is 0 Å². The number of hydrogen-bond acceptors (Lipinski definition) is 4. The van der Waals surface area contributed by atoms with Crippen molar-refractivity contribution in [3.63, 3.8) is 0 Å². The monoisotopic (exact) mass is 462 g/mol. The summed E-state index contributed by atoms with van der Waals surface area (Å²) < 4.78 is 13.3. The van der Waals surface area contributed by atoms with Crippen molar-refractivity contribution in [1.82, 2.24) is 10.2 Å². The van der Waals surface area contributed by atoms with Crippen molar-refractivity contribution in [3.05, 3.63) is 95.8 Å². The van der Waals surface area contributed by atoms with E-state index in [4.69, 9.17) is 12.2 Å². The number of hydrogen-bond donors (Lipinski definition) is 2. The highest BCUT2D eigenvalue weighted by atomic mass is 32.1. The van der Waals surface area contributed by atoms with Crippen LogP contribution >= 0.6 is 12.2 Å². The van der Waals surface area contributed by atoms with Crippen molar-refractivity contribution < 1.29 is 14.0 Å². The van der Waals surface area contributed by atoms with Crippen LogP contribution in [-0.4, -0.2) is 48.0 Å². The van der Waals surface area contributed by atoms with E-state index in [-0.39, 0.29) is 16.6 Å². The Kier molecular flexibility index (Phi) is 6.95. The average Bonchev–Trinajstić information content (AvgIpc) is 2.84. The van der Waals surface area contributed by atoms with E-state index in [2.05, 4.69) is 15.5 Å². The molecule has 4 rings (SSSR count). The van der Waals surface area contributed by atoms with Crippen LogP contribution < -0.4 is 15.5 Å². The minimum atomic E-state index is -0.484. The highest BCUT2D eigenvalue weighted by molar-refractivity contribution is 7.80. The molecule has 3 aromatic rings. The molecule has 8 heteroatoms. The van der Waals surface area contributed by atoms with Crippen LogP contribution in [0.15, 0.2) is 78.9 Å². The van der Waals surface area contributed by atoms with Gasteiger partial charge in [0.05, 0.1) is 0 Å². The molecule has 0 unspecified atom stereocenters. The molecule has 1 aliphatic rings. The molecule has 0 atom stereocenters. The van der Waals surface area contributed by atoms with Gasteiger partial charge in [-0.15, -0.1) is 0 Å². The Morgan fingerprint density at radius 1 is 0.818 bits per heavy atom.